The van der Waals surface area contributed by atoms with Gasteiger partial charge in [0.2, 0.25) is 0 Å². The standard InChI is InChI=1S/C13H20N2O3/c1-9-3-13(11(6-16)4-14-9)15-5-12(7-17)18-8-10(15)2/h3-4,10,12,16-17H,5-8H2,1-2H3. The lowest BCUT2D eigenvalue weighted by Crippen LogP contribution is -2.50. The summed E-state index contributed by atoms with van der Waals surface area (Å²) in [4.78, 5) is 6.37. The molecule has 0 aromatic carbocycles. The molecule has 100 valence electrons. The van der Waals surface area contributed by atoms with E-state index in [1.807, 2.05) is 13.0 Å². The fraction of sp³-hybridized carbons (Fsp3) is 0.615. The van der Waals surface area contributed by atoms with E-state index in [-0.39, 0.29) is 25.4 Å². The van der Waals surface area contributed by atoms with Gasteiger partial charge in [-0.2, -0.15) is 0 Å². The summed E-state index contributed by atoms with van der Waals surface area (Å²) in [6, 6.07) is 2.20. The summed E-state index contributed by atoms with van der Waals surface area (Å²) in [5.41, 5.74) is 2.71. The van der Waals surface area contributed by atoms with Crippen molar-refractivity contribution < 1.29 is 14.9 Å². The van der Waals surface area contributed by atoms with Gasteiger partial charge in [0.15, 0.2) is 0 Å². The first kappa shape index (κ1) is 13.3. The van der Waals surface area contributed by atoms with Gasteiger partial charge in [-0.3, -0.25) is 4.98 Å². The van der Waals surface area contributed by atoms with E-state index in [2.05, 4.69) is 16.8 Å². The maximum Gasteiger partial charge on any atom is 0.0981 e. The van der Waals surface area contributed by atoms with E-state index in [0.717, 1.165) is 16.9 Å². The highest BCUT2D eigenvalue weighted by Gasteiger charge is 2.27. The second-order valence-electron chi connectivity index (χ2n) is 4.75. The molecule has 1 aromatic heterocycles. The van der Waals surface area contributed by atoms with Gasteiger partial charge in [0, 0.05) is 35.7 Å². The highest BCUT2D eigenvalue weighted by atomic mass is 16.5. The predicted octanol–water partition coefficient (Wildman–Crippen LogP) is 0.468. The molecule has 5 nitrogen and oxygen atoms in total. The van der Waals surface area contributed by atoms with Crippen LogP contribution in [0.1, 0.15) is 18.2 Å². The molecule has 2 rings (SSSR count). The first-order valence-corrected chi connectivity index (χ1v) is 6.21. The number of hydrogen-bond acceptors (Lipinski definition) is 5. The molecule has 0 spiro atoms. The van der Waals surface area contributed by atoms with Crippen molar-refractivity contribution in [2.24, 2.45) is 0 Å². The molecule has 1 aliphatic heterocycles. The summed E-state index contributed by atoms with van der Waals surface area (Å²) in [6.45, 7) is 5.20. The summed E-state index contributed by atoms with van der Waals surface area (Å²) in [6.07, 6.45) is 1.54. The van der Waals surface area contributed by atoms with Crippen molar-refractivity contribution in [3.63, 3.8) is 0 Å². The number of aryl methyl sites for hydroxylation is 1. The zero-order valence-corrected chi connectivity index (χ0v) is 10.8. The summed E-state index contributed by atoms with van der Waals surface area (Å²) in [7, 11) is 0. The van der Waals surface area contributed by atoms with Gasteiger partial charge < -0.3 is 19.8 Å². The molecule has 2 heterocycles. The second kappa shape index (κ2) is 5.65. The molecule has 0 aliphatic carbocycles. The Labute approximate surface area is 107 Å². The van der Waals surface area contributed by atoms with Crippen molar-refractivity contribution in [3.05, 3.63) is 23.5 Å². The molecule has 2 unspecified atom stereocenters. The highest BCUT2D eigenvalue weighted by Crippen LogP contribution is 2.26. The number of nitrogens with zero attached hydrogens (tertiary/aromatic N) is 2. The van der Waals surface area contributed by atoms with Crippen LogP contribution in [0.3, 0.4) is 0 Å². The average molecular weight is 252 g/mol. The van der Waals surface area contributed by atoms with Crippen LogP contribution in [-0.2, 0) is 11.3 Å². The number of anilines is 1. The molecule has 1 saturated heterocycles. The van der Waals surface area contributed by atoms with Gasteiger partial charge in [-0.1, -0.05) is 0 Å². The molecule has 18 heavy (non-hydrogen) atoms. The molecule has 0 amide bonds. The Morgan fingerprint density at radius 1 is 1.50 bits per heavy atom. The van der Waals surface area contributed by atoms with Crippen LogP contribution < -0.4 is 4.90 Å². The van der Waals surface area contributed by atoms with Gasteiger partial charge >= 0.3 is 0 Å². The van der Waals surface area contributed by atoms with Crippen LogP contribution >= 0.6 is 0 Å². The summed E-state index contributed by atoms with van der Waals surface area (Å²) in [5, 5.41) is 18.6. The largest absolute Gasteiger partial charge is 0.394 e. The van der Waals surface area contributed by atoms with E-state index < -0.39 is 0 Å². The Bertz CT molecular complexity index is 411. The van der Waals surface area contributed by atoms with Crippen LogP contribution in [0.15, 0.2) is 12.3 Å². The highest BCUT2D eigenvalue weighted by molar-refractivity contribution is 5.54. The fourth-order valence-corrected chi connectivity index (χ4v) is 2.23. The van der Waals surface area contributed by atoms with Gasteiger partial charge in [-0.25, -0.2) is 0 Å². The zero-order valence-electron chi connectivity index (χ0n) is 10.8. The maximum absolute atomic E-state index is 9.40. The van der Waals surface area contributed by atoms with Crippen LogP contribution in [-0.4, -0.2) is 47.1 Å². The number of aliphatic hydroxyl groups excluding tert-OH is 2. The molecule has 0 radical (unpaired) electrons. The average Bonchev–Trinajstić information content (AvgIpc) is 2.39. The quantitative estimate of drug-likeness (QED) is 0.818. The van der Waals surface area contributed by atoms with Crippen molar-refractivity contribution in [3.8, 4) is 0 Å². The lowest BCUT2D eigenvalue weighted by molar-refractivity contribution is -0.0104. The van der Waals surface area contributed by atoms with E-state index in [9.17, 15) is 10.2 Å². The van der Waals surface area contributed by atoms with Crippen LogP contribution in [0.25, 0.3) is 0 Å². The van der Waals surface area contributed by atoms with Crippen molar-refractivity contribution in [2.45, 2.75) is 32.6 Å². The second-order valence-corrected chi connectivity index (χ2v) is 4.75. The fourth-order valence-electron chi connectivity index (χ4n) is 2.23. The van der Waals surface area contributed by atoms with Gasteiger partial charge in [-0.05, 0) is 19.9 Å². The Balaban J connectivity index is 2.30. The first-order chi connectivity index (χ1) is 8.65. The molecular formula is C13H20N2O3. The minimum Gasteiger partial charge on any atom is -0.394 e. The van der Waals surface area contributed by atoms with Crippen LogP contribution in [0, 0.1) is 6.92 Å². The van der Waals surface area contributed by atoms with Crippen molar-refractivity contribution >= 4 is 5.69 Å². The van der Waals surface area contributed by atoms with Gasteiger partial charge in [-0.15, -0.1) is 0 Å². The van der Waals surface area contributed by atoms with Crippen LogP contribution in [0.4, 0.5) is 5.69 Å². The van der Waals surface area contributed by atoms with Crippen molar-refractivity contribution in [1.29, 1.82) is 0 Å². The molecule has 0 bridgehead atoms. The molecule has 2 N–H and O–H groups in total. The predicted molar refractivity (Wildman–Crippen MR) is 68.5 cm³/mol. The van der Waals surface area contributed by atoms with Crippen LogP contribution in [0.2, 0.25) is 0 Å². The number of aromatic nitrogens is 1. The third kappa shape index (κ3) is 2.63. The Morgan fingerprint density at radius 2 is 2.28 bits per heavy atom. The Hall–Kier alpha value is -1.17. The van der Waals surface area contributed by atoms with Gasteiger partial charge in [0.05, 0.1) is 25.9 Å². The third-order valence-corrected chi connectivity index (χ3v) is 3.29. The summed E-state index contributed by atoms with van der Waals surface area (Å²) in [5.74, 6) is 0. The minimum atomic E-state index is -0.166. The molecular weight excluding hydrogens is 232 g/mol. The van der Waals surface area contributed by atoms with E-state index >= 15 is 0 Å². The summed E-state index contributed by atoms with van der Waals surface area (Å²) < 4.78 is 5.53. The molecule has 1 fully saturated rings. The zero-order chi connectivity index (χ0) is 13.1. The van der Waals surface area contributed by atoms with E-state index in [1.54, 1.807) is 6.20 Å². The monoisotopic (exact) mass is 252 g/mol. The minimum absolute atomic E-state index is 0.0156. The molecule has 5 heteroatoms. The molecule has 1 aromatic rings. The molecule has 2 atom stereocenters. The Morgan fingerprint density at radius 3 is 2.94 bits per heavy atom. The molecule has 0 saturated carbocycles. The maximum atomic E-state index is 9.40. The van der Waals surface area contributed by atoms with E-state index in [4.69, 9.17) is 4.74 Å². The van der Waals surface area contributed by atoms with E-state index in [0.29, 0.717) is 13.2 Å². The van der Waals surface area contributed by atoms with Gasteiger partial charge in [0.1, 0.15) is 0 Å². The number of rotatable bonds is 3. The lowest BCUT2D eigenvalue weighted by Gasteiger charge is -2.40. The first-order valence-electron chi connectivity index (χ1n) is 6.21. The number of morpholine rings is 1. The van der Waals surface area contributed by atoms with Crippen LogP contribution in [0.5, 0.6) is 0 Å². The summed E-state index contributed by atoms with van der Waals surface area (Å²) >= 11 is 0. The lowest BCUT2D eigenvalue weighted by atomic mass is 10.1. The number of pyridine rings is 1. The topological polar surface area (TPSA) is 65.8 Å². The normalized spacial score (nSPS) is 24.3. The van der Waals surface area contributed by atoms with Crippen molar-refractivity contribution in [1.82, 2.24) is 4.98 Å². The molecule has 1 aliphatic rings. The SMILES string of the molecule is Cc1cc(N2CC(CO)OCC2C)c(CO)cn1. The number of ether oxygens (including phenoxy) is 1. The smallest absolute Gasteiger partial charge is 0.0981 e. The third-order valence-electron chi connectivity index (χ3n) is 3.29. The Kier molecular flexibility index (Phi) is 4.16. The number of hydrogen-bond donors (Lipinski definition) is 2. The number of aliphatic hydroxyl groups is 2. The van der Waals surface area contributed by atoms with Gasteiger partial charge in [0.25, 0.3) is 0 Å². The van der Waals surface area contributed by atoms with Crippen molar-refractivity contribution in [2.75, 3.05) is 24.7 Å². The van der Waals surface area contributed by atoms with E-state index in [1.165, 1.54) is 0 Å².